The van der Waals surface area contributed by atoms with Crippen molar-refractivity contribution in [3.05, 3.63) is 28.8 Å². The van der Waals surface area contributed by atoms with Gasteiger partial charge in [-0.1, -0.05) is 31.0 Å². The third-order valence-corrected chi connectivity index (χ3v) is 4.64. The SMILES string of the molecule is CCCCN1CCC(NC(=O)C(=O)Nc2ccc(C)cc2Cl)CC1. The molecule has 5 nitrogen and oxygen atoms in total. The van der Waals surface area contributed by atoms with Gasteiger partial charge in [0.05, 0.1) is 10.7 Å². The molecule has 132 valence electrons. The predicted octanol–water partition coefficient (Wildman–Crippen LogP) is 2.97. The van der Waals surface area contributed by atoms with E-state index in [4.69, 9.17) is 11.6 Å². The van der Waals surface area contributed by atoms with Gasteiger partial charge in [-0.05, 0) is 50.4 Å². The first-order chi connectivity index (χ1) is 11.5. The Morgan fingerprint density at radius 1 is 1.25 bits per heavy atom. The maximum absolute atomic E-state index is 12.1. The van der Waals surface area contributed by atoms with Crippen molar-refractivity contribution >= 4 is 29.1 Å². The Bertz CT molecular complexity index is 584. The van der Waals surface area contributed by atoms with E-state index >= 15 is 0 Å². The summed E-state index contributed by atoms with van der Waals surface area (Å²) in [6.45, 7) is 7.15. The predicted molar refractivity (Wildman–Crippen MR) is 97.3 cm³/mol. The van der Waals surface area contributed by atoms with Crippen LogP contribution in [0.25, 0.3) is 0 Å². The molecule has 0 bridgehead atoms. The summed E-state index contributed by atoms with van der Waals surface area (Å²) in [6, 6.07) is 5.36. The number of unbranched alkanes of at least 4 members (excludes halogenated alkanes) is 1. The number of carbonyl (C=O) groups excluding carboxylic acids is 2. The maximum atomic E-state index is 12.1. The highest BCUT2D eigenvalue weighted by Gasteiger charge is 2.23. The van der Waals surface area contributed by atoms with Crippen LogP contribution in [0.2, 0.25) is 5.02 Å². The van der Waals surface area contributed by atoms with Crippen LogP contribution in [0.3, 0.4) is 0 Å². The number of likely N-dealkylation sites (tertiary alicyclic amines) is 1. The Balaban J connectivity index is 1.79. The highest BCUT2D eigenvalue weighted by atomic mass is 35.5. The van der Waals surface area contributed by atoms with E-state index in [0.29, 0.717) is 10.7 Å². The summed E-state index contributed by atoms with van der Waals surface area (Å²) in [5, 5.41) is 5.83. The Morgan fingerprint density at radius 2 is 1.96 bits per heavy atom. The van der Waals surface area contributed by atoms with Crippen LogP contribution in [0.5, 0.6) is 0 Å². The molecule has 0 unspecified atom stereocenters. The molecule has 1 heterocycles. The van der Waals surface area contributed by atoms with Crippen LogP contribution in [0, 0.1) is 6.92 Å². The fourth-order valence-corrected chi connectivity index (χ4v) is 3.12. The zero-order chi connectivity index (χ0) is 17.5. The molecular weight excluding hydrogens is 326 g/mol. The molecule has 1 aromatic carbocycles. The molecule has 6 heteroatoms. The molecule has 1 saturated heterocycles. The molecule has 2 N–H and O–H groups in total. The van der Waals surface area contributed by atoms with Crippen molar-refractivity contribution in [1.29, 1.82) is 0 Å². The molecule has 0 aromatic heterocycles. The number of benzene rings is 1. The van der Waals surface area contributed by atoms with Gasteiger partial charge < -0.3 is 15.5 Å². The first kappa shape index (κ1) is 18.7. The highest BCUT2D eigenvalue weighted by Crippen LogP contribution is 2.22. The van der Waals surface area contributed by atoms with E-state index < -0.39 is 11.8 Å². The molecule has 0 spiro atoms. The van der Waals surface area contributed by atoms with Crippen LogP contribution < -0.4 is 10.6 Å². The van der Waals surface area contributed by atoms with Crippen LogP contribution in [0.4, 0.5) is 5.69 Å². The number of nitrogens with zero attached hydrogens (tertiary/aromatic N) is 1. The zero-order valence-electron chi connectivity index (χ0n) is 14.4. The molecule has 0 saturated carbocycles. The summed E-state index contributed by atoms with van der Waals surface area (Å²) >= 11 is 6.08. The number of piperidine rings is 1. The molecule has 1 fully saturated rings. The topological polar surface area (TPSA) is 61.4 Å². The number of amides is 2. The van der Waals surface area contributed by atoms with Crippen LogP contribution in [0.1, 0.15) is 38.2 Å². The molecular formula is C18H26ClN3O2. The van der Waals surface area contributed by atoms with Crippen molar-refractivity contribution in [2.75, 3.05) is 25.0 Å². The molecule has 24 heavy (non-hydrogen) atoms. The van der Waals surface area contributed by atoms with Crippen LogP contribution >= 0.6 is 11.6 Å². The second kappa shape index (κ2) is 9.04. The highest BCUT2D eigenvalue weighted by molar-refractivity contribution is 6.41. The fraction of sp³-hybridized carbons (Fsp3) is 0.556. The van der Waals surface area contributed by atoms with Gasteiger partial charge in [-0.3, -0.25) is 9.59 Å². The number of aryl methyl sites for hydroxylation is 1. The van der Waals surface area contributed by atoms with Crippen molar-refractivity contribution in [1.82, 2.24) is 10.2 Å². The Kier molecular flexibility index (Phi) is 7.06. The van der Waals surface area contributed by atoms with Gasteiger partial charge in [-0.25, -0.2) is 0 Å². The van der Waals surface area contributed by atoms with E-state index in [1.165, 1.54) is 12.8 Å². The Hall–Kier alpha value is -1.59. The lowest BCUT2D eigenvalue weighted by Crippen LogP contribution is -2.47. The lowest BCUT2D eigenvalue weighted by Gasteiger charge is -2.32. The van der Waals surface area contributed by atoms with Gasteiger partial charge in [0.15, 0.2) is 0 Å². The van der Waals surface area contributed by atoms with E-state index in [2.05, 4.69) is 22.5 Å². The third-order valence-electron chi connectivity index (χ3n) is 4.33. The average molecular weight is 352 g/mol. The van der Waals surface area contributed by atoms with Crippen LogP contribution in [0.15, 0.2) is 18.2 Å². The number of halogens is 1. The Morgan fingerprint density at radius 3 is 2.58 bits per heavy atom. The normalized spacial score (nSPS) is 16.0. The number of nitrogens with one attached hydrogen (secondary N) is 2. The fourth-order valence-electron chi connectivity index (χ4n) is 2.83. The van der Waals surface area contributed by atoms with E-state index in [0.717, 1.165) is 38.0 Å². The number of carbonyl (C=O) groups is 2. The first-order valence-electron chi connectivity index (χ1n) is 8.60. The number of rotatable bonds is 5. The quantitative estimate of drug-likeness (QED) is 0.802. The summed E-state index contributed by atoms with van der Waals surface area (Å²) in [4.78, 5) is 26.5. The standard InChI is InChI=1S/C18H26ClN3O2/c1-3-4-9-22-10-7-14(8-11-22)20-17(23)18(24)21-16-6-5-13(2)12-15(16)19/h5-6,12,14H,3-4,7-11H2,1-2H3,(H,20,23)(H,21,24). The average Bonchev–Trinajstić information content (AvgIpc) is 2.56. The second-order valence-electron chi connectivity index (χ2n) is 6.38. The summed E-state index contributed by atoms with van der Waals surface area (Å²) in [7, 11) is 0. The number of hydrogen-bond donors (Lipinski definition) is 2. The van der Waals surface area contributed by atoms with Crippen molar-refractivity contribution < 1.29 is 9.59 Å². The summed E-state index contributed by atoms with van der Waals surface area (Å²) in [5.41, 5.74) is 1.45. The van der Waals surface area contributed by atoms with Gasteiger partial charge in [-0.2, -0.15) is 0 Å². The minimum atomic E-state index is -0.672. The zero-order valence-corrected chi connectivity index (χ0v) is 15.2. The monoisotopic (exact) mass is 351 g/mol. The van der Waals surface area contributed by atoms with Gasteiger partial charge in [0.1, 0.15) is 0 Å². The van der Waals surface area contributed by atoms with Gasteiger partial charge in [-0.15, -0.1) is 0 Å². The first-order valence-corrected chi connectivity index (χ1v) is 8.97. The van der Waals surface area contributed by atoms with Gasteiger partial charge in [0.25, 0.3) is 0 Å². The largest absolute Gasteiger partial charge is 0.345 e. The van der Waals surface area contributed by atoms with Crippen LogP contribution in [-0.4, -0.2) is 42.4 Å². The summed E-state index contributed by atoms with van der Waals surface area (Å²) in [5.74, 6) is -1.27. The Labute approximate surface area is 148 Å². The second-order valence-corrected chi connectivity index (χ2v) is 6.79. The molecule has 0 aliphatic carbocycles. The lowest BCUT2D eigenvalue weighted by atomic mass is 10.0. The molecule has 1 aromatic rings. The van der Waals surface area contributed by atoms with Crippen LogP contribution in [-0.2, 0) is 9.59 Å². The molecule has 2 amide bonds. The minimum Gasteiger partial charge on any atom is -0.345 e. The summed E-state index contributed by atoms with van der Waals surface area (Å²) < 4.78 is 0. The molecule has 0 atom stereocenters. The van der Waals surface area contributed by atoms with Crippen molar-refractivity contribution in [2.24, 2.45) is 0 Å². The smallest absolute Gasteiger partial charge is 0.313 e. The third kappa shape index (κ3) is 5.49. The van der Waals surface area contributed by atoms with E-state index in [-0.39, 0.29) is 6.04 Å². The van der Waals surface area contributed by atoms with Crippen molar-refractivity contribution in [3.8, 4) is 0 Å². The van der Waals surface area contributed by atoms with E-state index in [9.17, 15) is 9.59 Å². The number of hydrogen-bond acceptors (Lipinski definition) is 3. The maximum Gasteiger partial charge on any atom is 0.313 e. The minimum absolute atomic E-state index is 0.0645. The molecule has 1 aliphatic heterocycles. The van der Waals surface area contributed by atoms with E-state index in [1.54, 1.807) is 12.1 Å². The van der Waals surface area contributed by atoms with Gasteiger partial charge >= 0.3 is 11.8 Å². The molecule has 0 radical (unpaired) electrons. The number of anilines is 1. The van der Waals surface area contributed by atoms with Gasteiger partial charge in [0, 0.05) is 19.1 Å². The lowest BCUT2D eigenvalue weighted by molar-refractivity contribution is -0.136. The summed E-state index contributed by atoms with van der Waals surface area (Å²) in [6.07, 6.45) is 4.16. The molecule has 1 aliphatic rings. The molecule has 2 rings (SSSR count). The van der Waals surface area contributed by atoms with E-state index in [1.807, 2.05) is 13.0 Å². The van der Waals surface area contributed by atoms with Gasteiger partial charge in [0.2, 0.25) is 0 Å². The van der Waals surface area contributed by atoms with Crippen molar-refractivity contribution in [3.63, 3.8) is 0 Å². The van der Waals surface area contributed by atoms with Crippen molar-refractivity contribution in [2.45, 2.75) is 45.6 Å².